The Hall–Kier alpha value is -3.28. The van der Waals surface area contributed by atoms with E-state index in [1.165, 1.54) is 6.92 Å². The van der Waals surface area contributed by atoms with Crippen molar-refractivity contribution in [2.24, 2.45) is 0 Å². The van der Waals surface area contributed by atoms with E-state index in [2.05, 4.69) is 10.2 Å². The fourth-order valence-electron chi connectivity index (χ4n) is 2.68. The first-order valence-corrected chi connectivity index (χ1v) is 8.32. The van der Waals surface area contributed by atoms with Crippen LogP contribution in [0.5, 0.6) is 0 Å². The zero-order valence-corrected chi connectivity index (χ0v) is 14.5. The molecule has 2 aromatic carbocycles. The topological polar surface area (TPSA) is 89.1 Å². The van der Waals surface area contributed by atoms with Gasteiger partial charge in [0.15, 0.2) is 11.8 Å². The summed E-state index contributed by atoms with van der Waals surface area (Å²) in [4.78, 5) is 36.7. The highest BCUT2D eigenvalue weighted by atomic mass is 16.5. The maximum absolute atomic E-state index is 12.5. The third-order valence-electron chi connectivity index (χ3n) is 4.19. The summed E-state index contributed by atoms with van der Waals surface area (Å²) in [6.45, 7) is 3.55. The van der Waals surface area contributed by atoms with Gasteiger partial charge in [0.2, 0.25) is 5.78 Å². The first-order chi connectivity index (χ1) is 12.5. The highest BCUT2D eigenvalue weighted by Gasteiger charge is 2.23. The number of H-pyrrole nitrogens is 1. The van der Waals surface area contributed by atoms with Crippen molar-refractivity contribution in [3.63, 3.8) is 0 Å². The molecule has 1 atom stereocenters. The number of carbonyl (C=O) groups is 2. The Kier molecular flexibility index (Phi) is 4.93. The molecule has 6 nitrogen and oxygen atoms in total. The van der Waals surface area contributed by atoms with E-state index in [4.69, 9.17) is 4.74 Å². The Morgan fingerprint density at radius 2 is 1.73 bits per heavy atom. The molecule has 0 aliphatic carbocycles. The molecule has 6 heteroatoms. The summed E-state index contributed by atoms with van der Waals surface area (Å²) in [6.07, 6.45) is -0.0910. The summed E-state index contributed by atoms with van der Waals surface area (Å²) >= 11 is 0. The Morgan fingerprint density at radius 1 is 1.08 bits per heavy atom. The van der Waals surface area contributed by atoms with Crippen LogP contribution in [0.3, 0.4) is 0 Å². The van der Waals surface area contributed by atoms with E-state index >= 15 is 0 Å². The van der Waals surface area contributed by atoms with E-state index in [1.54, 1.807) is 36.4 Å². The monoisotopic (exact) mass is 350 g/mol. The molecule has 1 aromatic heterocycles. The van der Waals surface area contributed by atoms with Gasteiger partial charge in [0, 0.05) is 10.9 Å². The van der Waals surface area contributed by atoms with Crippen LogP contribution in [0.4, 0.5) is 0 Å². The molecular weight excluding hydrogens is 332 g/mol. The van der Waals surface area contributed by atoms with Crippen LogP contribution in [-0.4, -0.2) is 28.1 Å². The molecule has 0 spiro atoms. The fraction of sp³-hybridized carbons (Fsp3) is 0.200. The molecule has 0 amide bonds. The summed E-state index contributed by atoms with van der Waals surface area (Å²) in [5.41, 5.74) is 1.18. The van der Waals surface area contributed by atoms with E-state index in [0.717, 1.165) is 12.0 Å². The van der Waals surface area contributed by atoms with Gasteiger partial charge in [-0.1, -0.05) is 49.4 Å². The van der Waals surface area contributed by atoms with Gasteiger partial charge >= 0.3 is 5.97 Å². The number of carbonyl (C=O) groups excluding carboxylic acids is 2. The smallest absolute Gasteiger partial charge is 0.360 e. The number of ketones is 1. The van der Waals surface area contributed by atoms with Gasteiger partial charge in [-0.05, 0) is 25.0 Å². The van der Waals surface area contributed by atoms with Gasteiger partial charge in [0.05, 0.1) is 5.39 Å². The van der Waals surface area contributed by atoms with Crippen LogP contribution >= 0.6 is 0 Å². The molecule has 1 heterocycles. The van der Waals surface area contributed by atoms with Gasteiger partial charge in [-0.15, -0.1) is 0 Å². The molecule has 0 aliphatic heterocycles. The fourth-order valence-corrected chi connectivity index (χ4v) is 2.68. The lowest BCUT2D eigenvalue weighted by molar-refractivity contribution is 0.0314. The maximum atomic E-state index is 12.5. The molecule has 0 bridgehead atoms. The number of aromatic amines is 1. The Balaban J connectivity index is 1.82. The minimum absolute atomic E-state index is 0.0267. The van der Waals surface area contributed by atoms with Crippen molar-refractivity contribution in [2.75, 3.05) is 0 Å². The third-order valence-corrected chi connectivity index (χ3v) is 4.19. The van der Waals surface area contributed by atoms with Crippen LogP contribution in [0.2, 0.25) is 0 Å². The van der Waals surface area contributed by atoms with E-state index in [9.17, 15) is 14.4 Å². The Labute approximate surface area is 149 Å². The lowest BCUT2D eigenvalue weighted by Gasteiger charge is -2.13. The lowest BCUT2D eigenvalue weighted by atomic mass is 10.0. The molecule has 1 unspecified atom stereocenters. The predicted molar refractivity (Wildman–Crippen MR) is 97.4 cm³/mol. The molecule has 0 radical (unpaired) electrons. The SMILES string of the molecule is CCc1ccc(C(=O)C(C)OC(=O)c2n[nH]c(=O)c3ccccc23)cc1. The number of esters is 1. The van der Waals surface area contributed by atoms with Gasteiger partial charge in [-0.25, -0.2) is 9.89 Å². The number of benzene rings is 2. The molecule has 3 aromatic rings. The van der Waals surface area contributed by atoms with Crippen molar-refractivity contribution < 1.29 is 14.3 Å². The highest BCUT2D eigenvalue weighted by Crippen LogP contribution is 2.15. The minimum Gasteiger partial charge on any atom is -0.449 e. The molecule has 0 fully saturated rings. The summed E-state index contributed by atoms with van der Waals surface area (Å²) in [7, 11) is 0. The second-order valence-corrected chi connectivity index (χ2v) is 5.91. The van der Waals surface area contributed by atoms with Gasteiger partial charge in [-0.2, -0.15) is 5.10 Å². The quantitative estimate of drug-likeness (QED) is 0.564. The number of aromatic nitrogens is 2. The van der Waals surface area contributed by atoms with Crippen molar-refractivity contribution in [1.82, 2.24) is 10.2 Å². The van der Waals surface area contributed by atoms with Crippen LogP contribution in [0.25, 0.3) is 10.8 Å². The summed E-state index contributed by atoms with van der Waals surface area (Å²) in [5, 5.41) is 6.79. The molecule has 132 valence electrons. The van der Waals surface area contributed by atoms with Gasteiger partial charge in [0.25, 0.3) is 5.56 Å². The van der Waals surface area contributed by atoms with E-state index in [-0.39, 0.29) is 11.5 Å². The van der Waals surface area contributed by atoms with Gasteiger partial charge in [-0.3, -0.25) is 9.59 Å². The van der Waals surface area contributed by atoms with Crippen LogP contribution < -0.4 is 5.56 Å². The summed E-state index contributed by atoms with van der Waals surface area (Å²) < 4.78 is 5.28. The third kappa shape index (κ3) is 3.39. The average Bonchev–Trinajstić information content (AvgIpc) is 2.67. The number of hydrogen-bond donors (Lipinski definition) is 1. The molecule has 0 aliphatic rings. The van der Waals surface area contributed by atoms with Gasteiger partial charge in [0.1, 0.15) is 0 Å². The van der Waals surface area contributed by atoms with Crippen LogP contribution in [-0.2, 0) is 11.2 Å². The molecular formula is C20H18N2O4. The van der Waals surface area contributed by atoms with Crippen molar-refractivity contribution >= 4 is 22.5 Å². The van der Waals surface area contributed by atoms with Crippen LogP contribution in [0.1, 0.15) is 40.3 Å². The number of nitrogens with zero attached hydrogens (tertiary/aromatic N) is 1. The van der Waals surface area contributed by atoms with Gasteiger partial charge < -0.3 is 4.74 Å². The Morgan fingerprint density at radius 3 is 2.38 bits per heavy atom. The van der Waals surface area contributed by atoms with Crippen LogP contribution in [0.15, 0.2) is 53.3 Å². The number of fused-ring (bicyclic) bond motifs is 1. The van der Waals surface area contributed by atoms with Crippen molar-refractivity contribution in [3.05, 3.63) is 75.7 Å². The number of Topliss-reactive ketones (excluding diaryl/α,β-unsaturated/α-hetero) is 1. The second-order valence-electron chi connectivity index (χ2n) is 5.91. The molecule has 0 saturated heterocycles. The predicted octanol–water partition coefficient (Wildman–Crippen LogP) is 2.91. The second kappa shape index (κ2) is 7.31. The summed E-state index contributed by atoms with van der Waals surface area (Å²) in [6, 6.07) is 13.8. The number of rotatable bonds is 5. The highest BCUT2D eigenvalue weighted by molar-refractivity contribution is 6.05. The molecule has 1 N–H and O–H groups in total. The van der Waals surface area contributed by atoms with E-state index in [1.807, 2.05) is 19.1 Å². The van der Waals surface area contributed by atoms with Crippen molar-refractivity contribution in [2.45, 2.75) is 26.4 Å². The zero-order chi connectivity index (χ0) is 18.7. The standard InChI is InChI=1S/C20H18N2O4/c1-3-13-8-10-14(11-9-13)18(23)12(2)26-20(25)17-15-6-4-5-7-16(15)19(24)22-21-17/h4-12H,3H2,1-2H3,(H,22,24). The average molecular weight is 350 g/mol. The first-order valence-electron chi connectivity index (χ1n) is 8.32. The van der Waals surface area contributed by atoms with Crippen LogP contribution in [0, 0.1) is 0 Å². The number of nitrogens with one attached hydrogen (secondary N) is 1. The molecule has 3 rings (SSSR count). The minimum atomic E-state index is -0.970. The first kappa shape index (κ1) is 17.5. The number of hydrogen-bond acceptors (Lipinski definition) is 5. The van der Waals surface area contributed by atoms with Crippen molar-refractivity contribution in [3.8, 4) is 0 Å². The van der Waals surface area contributed by atoms with E-state index < -0.39 is 17.6 Å². The van der Waals surface area contributed by atoms with Crippen molar-refractivity contribution in [1.29, 1.82) is 0 Å². The molecule has 0 saturated carbocycles. The lowest BCUT2D eigenvalue weighted by Crippen LogP contribution is -2.26. The summed E-state index contributed by atoms with van der Waals surface area (Å²) in [5.74, 6) is -1.06. The molecule has 26 heavy (non-hydrogen) atoms. The maximum Gasteiger partial charge on any atom is 0.360 e. The van der Waals surface area contributed by atoms with E-state index in [0.29, 0.717) is 16.3 Å². The Bertz CT molecular complexity index is 1020. The largest absolute Gasteiger partial charge is 0.449 e. The zero-order valence-electron chi connectivity index (χ0n) is 14.5. The number of ether oxygens (including phenoxy) is 1. The normalized spacial score (nSPS) is 11.9. The number of aryl methyl sites for hydroxylation is 1.